The number of nitrogens with zero attached hydrogens (tertiary/aromatic N) is 2. The molecule has 234 valence electrons. The van der Waals surface area contributed by atoms with Gasteiger partial charge in [0, 0.05) is 43.3 Å². The molecule has 12 heteroatoms. The molecule has 45 heavy (non-hydrogen) atoms. The quantitative estimate of drug-likeness (QED) is 0.159. The minimum absolute atomic E-state index is 0.0973. The van der Waals surface area contributed by atoms with E-state index in [0.29, 0.717) is 53.6 Å². The number of anilines is 2. The molecule has 0 aliphatic carbocycles. The van der Waals surface area contributed by atoms with Crippen molar-refractivity contribution in [2.75, 3.05) is 37.4 Å². The molecule has 1 atom stereocenters. The number of aromatic amines is 1. The van der Waals surface area contributed by atoms with Crippen LogP contribution in [0.5, 0.6) is 11.5 Å². The maximum atomic E-state index is 13.9. The van der Waals surface area contributed by atoms with Crippen molar-refractivity contribution in [2.24, 2.45) is 0 Å². The maximum absolute atomic E-state index is 13.9. The van der Waals surface area contributed by atoms with Gasteiger partial charge in [-0.05, 0) is 80.4 Å². The van der Waals surface area contributed by atoms with Crippen LogP contribution in [0, 0.1) is 12.7 Å². The number of hydrogen-bond donors (Lipinski definition) is 4. The summed E-state index contributed by atoms with van der Waals surface area (Å²) in [5.41, 5.74) is 3.14. The largest absolute Gasteiger partial charge is 0.469 e. The van der Waals surface area contributed by atoms with Gasteiger partial charge in [0.1, 0.15) is 17.3 Å². The van der Waals surface area contributed by atoms with Crippen molar-refractivity contribution in [3.8, 4) is 22.9 Å². The Labute approximate surface area is 260 Å². The number of halogens is 1. The topological polar surface area (TPSA) is 138 Å². The van der Waals surface area contributed by atoms with Crippen molar-refractivity contribution < 1.29 is 28.2 Å². The monoisotopic (exact) mass is 614 g/mol. The highest BCUT2D eigenvalue weighted by atomic mass is 19.1. The number of hydrogen-bond acceptors (Lipinski definition) is 7. The van der Waals surface area contributed by atoms with E-state index in [0.717, 1.165) is 24.9 Å². The first-order chi connectivity index (χ1) is 21.8. The Morgan fingerprint density at radius 1 is 1.04 bits per heavy atom. The molecule has 4 aromatic rings. The Balaban J connectivity index is 1.12. The molecule has 0 saturated carbocycles. The molecule has 11 nitrogen and oxygen atoms in total. The first-order valence-electron chi connectivity index (χ1n) is 14.6. The highest BCUT2D eigenvalue weighted by molar-refractivity contribution is 6.00. The molecule has 0 bridgehead atoms. The average molecular weight is 615 g/mol. The molecule has 1 unspecified atom stereocenters. The number of likely N-dealkylation sites (tertiary alicyclic amines) is 1. The molecular weight excluding hydrogens is 579 g/mol. The number of ether oxygens (including phenoxy) is 2. The second kappa shape index (κ2) is 14.5. The van der Waals surface area contributed by atoms with E-state index in [1.54, 1.807) is 67.0 Å². The van der Waals surface area contributed by atoms with Gasteiger partial charge in [-0.25, -0.2) is 9.18 Å². The van der Waals surface area contributed by atoms with E-state index in [9.17, 15) is 18.8 Å². The number of benzene rings is 2. The number of carbonyl (C=O) groups is 3. The molecular formula is C33H35FN6O5. The molecule has 3 amide bonds. The number of esters is 1. The summed E-state index contributed by atoms with van der Waals surface area (Å²) in [5, 5.41) is 8.12. The van der Waals surface area contributed by atoms with Gasteiger partial charge in [0.2, 0.25) is 0 Å². The number of pyridine rings is 1. The van der Waals surface area contributed by atoms with Gasteiger partial charge in [-0.15, -0.1) is 0 Å². The van der Waals surface area contributed by atoms with E-state index in [1.165, 1.54) is 13.2 Å². The summed E-state index contributed by atoms with van der Waals surface area (Å²) < 4.78 is 24.7. The molecule has 3 heterocycles. The summed E-state index contributed by atoms with van der Waals surface area (Å²) in [5.74, 6) is 0.113. The first kappa shape index (κ1) is 31.2. The smallest absolute Gasteiger partial charge is 0.323 e. The van der Waals surface area contributed by atoms with Crippen LogP contribution in [0.3, 0.4) is 0 Å². The second-order valence-electron chi connectivity index (χ2n) is 10.7. The Bertz CT molecular complexity index is 1660. The van der Waals surface area contributed by atoms with E-state index < -0.39 is 11.8 Å². The van der Waals surface area contributed by atoms with Crippen LogP contribution in [0.1, 0.15) is 35.2 Å². The van der Waals surface area contributed by atoms with E-state index in [-0.39, 0.29) is 23.6 Å². The lowest BCUT2D eigenvalue weighted by atomic mass is 10.1. The fraction of sp³-hybridized carbons (Fsp3) is 0.273. The number of nitrogens with one attached hydrogen (secondary N) is 4. The van der Waals surface area contributed by atoms with Crippen LogP contribution in [-0.4, -0.2) is 65.6 Å². The molecule has 1 saturated heterocycles. The number of amides is 3. The lowest BCUT2D eigenvalue weighted by Gasteiger charge is -2.23. The molecule has 1 fully saturated rings. The van der Waals surface area contributed by atoms with Crippen LogP contribution in [0.15, 0.2) is 73.1 Å². The highest BCUT2D eigenvalue weighted by Crippen LogP contribution is 2.27. The number of urea groups is 1. The average Bonchev–Trinajstić information content (AvgIpc) is 3.70. The predicted octanol–water partition coefficient (Wildman–Crippen LogP) is 5.72. The van der Waals surface area contributed by atoms with Crippen LogP contribution < -0.4 is 20.7 Å². The van der Waals surface area contributed by atoms with Crippen molar-refractivity contribution >= 4 is 29.3 Å². The fourth-order valence-electron chi connectivity index (χ4n) is 5.17. The minimum Gasteiger partial charge on any atom is -0.469 e. The predicted molar refractivity (Wildman–Crippen MR) is 168 cm³/mol. The summed E-state index contributed by atoms with van der Waals surface area (Å²) in [6, 6.07) is 16.0. The first-order valence-corrected chi connectivity index (χ1v) is 14.6. The van der Waals surface area contributed by atoms with Gasteiger partial charge >= 0.3 is 12.0 Å². The Morgan fingerprint density at radius 3 is 2.67 bits per heavy atom. The van der Waals surface area contributed by atoms with E-state index in [4.69, 9.17) is 9.47 Å². The van der Waals surface area contributed by atoms with Crippen molar-refractivity contribution in [3.05, 3.63) is 90.0 Å². The lowest BCUT2D eigenvalue weighted by molar-refractivity contribution is -0.141. The maximum Gasteiger partial charge on any atom is 0.323 e. The van der Waals surface area contributed by atoms with Crippen molar-refractivity contribution in [1.29, 1.82) is 0 Å². The Hall–Kier alpha value is -5.23. The Kier molecular flexibility index (Phi) is 10.1. The summed E-state index contributed by atoms with van der Waals surface area (Å²) in [4.78, 5) is 46.5. The zero-order valence-corrected chi connectivity index (χ0v) is 25.1. The number of aryl methyl sites for hydroxylation is 1. The molecule has 0 spiro atoms. The van der Waals surface area contributed by atoms with Gasteiger partial charge < -0.3 is 30.4 Å². The zero-order valence-electron chi connectivity index (χ0n) is 25.1. The molecule has 5 rings (SSSR count). The van der Waals surface area contributed by atoms with Gasteiger partial charge in [0.25, 0.3) is 5.91 Å². The SMILES string of the molecule is COC(=O)CC1CCCN1CCNC(=O)c1c[nH]c(-c2cc(Oc3ccc(NC(=O)Nc4cc(C)ccc4F)cc3)ccn2)c1. The summed E-state index contributed by atoms with van der Waals surface area (Å²) in [6.45, 7) is 3.82. The van der Waals surface area contributed by atoms with Gasteiger partial charge in [0.15, 0.2) is 0 Å². The summed E-state index contributed by atoms with van der Waals surface area (Å²) in [6.07, 6.45) is 5.56. The number of aromatic nitrogens is 2. The van der Waals surface area contributed by atoms with Gasteiger partial charge in [0.05, 0.1) is 36.2 Å². The number of H-pyrrole nitrogens is 1. The molecule has 0 radical (unpaired) electrons. The lowest BCUT2D eigenvalue weighted by Crippen LogP contribution is -2.38. The third-order valence-corrected chi connectivity index (χ3v) is 7.48. The minimum atomic E-state index is -0.568. The molecule has 1 aliphatic heterocycles. The second-order valence-corrected chi connectivity index (χ2v) is 10.7. The molecule has 4 N–H and O–H groups in total. The third-order valence-electron chi connectivity index (χ3n) is 7.48. The highest BCUT2D eigenvalue weighted by Gasteiger charge is 2.26. The zero-order chi connectivity index (χ0) is 31.8. The van der Waals surface area contributed by atoms with Gasteiger partial charge in [-0.3, -0.25) is 19.5 Å². The van der Waals surface area contributed by atoms with Gasteiger partial charge in [-0.1, -0.05) is 6.07 Å². The van der Waals surface area contributed by atoms with Crippen molar-refractivity contribution in [3.63, 3.8) is 0 Å². The normalized spacial score (nSPS) is 14.5. The molecule has 2 aromatic carbocycles. The number of rotatable bonds is 11. The van der Waals surface area contributed by atoms with Crippen LogP contribution in [-0.2, 0) is 9.53 Å². The number of methoxy groups -OCH3 is 1. The molecule has 1 aliphatic rings. The van der Waals surface area contributed by atoms with Crippen LogP contribution >= 0.6 is 0 Å². The Morgan fingerprint density at radius 2 is 1.87 bits per heavy atom. The van der Waals surface area contributed by atoms with Gasteiger partial charge in [-0.2, -0.15) is 0 Å². The number of carbonyl (C=O) groups excluding carboxylic acids is 3. The van der Waals surface area contributed by atoms with E-state index in [2.05, 4.69) is 30.8 Å². The van der Waals surface area contributed by atoms with Crippen LogP contribution in [0.2, 0.25) is 0 Å². The van der Waals surface area contributed by atoms with E-state index >= 15 is 0 Å². The molecule has 2 aromatic heterocycles. The van der Waals surface area contributed by atoms with Crippen LogP contribution in [0.4, 0.5) is 20.6 Å². The standard InChI is InChI=1S/C33H35FN6O5/c1-21-5-10-27(34)28(16-21)39-33(43)38-23-6-8-25(9-7-23)45-26-11-12-35-30(19-26)29-17-22(20-37-29)32(42)36-13-15-40-14-3-4-24(40)18-31(41)44-2/h5-12,16-17,19-20,24,37H,3-4,13-15,18H2,1-2H3,(H,36,42)(H2,38,39,43). The van der Waals surface area contributed by atoms with E-state index in [1.807, 2.05) is 6.92 Å². The third kappa shape index (κ3) is 8.45. The van der Waals surface area contributed by atoms with Crippen LogP contribution in [0.25, 0.3) is 11.4 Å². The summed E-state index contributed by atoms with van der Waals surface area (Å²) in [7, 11) is 1.40. The van der Waals surface area contributed by atoms with Crippen molar-refractivity contribution in [2.45, 2.75) is 32.2 Å². The summed E-state index contributed by atoms with van der Waals surface area (Å²) >= 11 is 0. The fourth-order valence-corrected chi connectivity index (χ4v) is 5.17. The van der Waals surface area contributed by atoms with Crippen molar-refractivity contribution in [1.82, 2.24) is 20.2 Å².